The molecule has 0 fully saturated rings. The molecule has 3 nitrogen and oxygen atoms in total. The second-order valence-electron chi connectivity index (χ2n) is 4.66. The van der Waals surface area contributed by atoms with E-state index in [1.54, 1.807) is 23.5 Å². The largest absolute Gasteiger partial charge is 0.272 e. The molecular weight excluding hydrogens is 311 g/mol. The molecular formula is C15H12ClFN2OS. The van der Waals surface area contributed by atoms with E-state index in [-0.39, 0.29) is 23.6 Å². The molecule has 108 valence electrons. The number of hydrogen-bond donors (Lipinski definition) is 0. The Bertz CT molecular complexity index is 687. The van der Waals surface area contributed by atoms with Gasteiger partial charge >= 0.3 is 0 Å². The first-order valence-electron chi connectivity index (χ1n) is 6.44. The van der Waals surface area contributed by atoms with Gasteiger partial charge in [-0.1, -0.05) is 18.2 Å². The molecule has 0 radical (unpaired) electrons. The Morgan fingerprint density at radius 2 is 2.29 bits per heavy atom. The molecule has 0 spiro atoms. The van der Waals surface area contributed by atoms with Crippen LogP contribution in [-0.4, -0.2) is 22.5 Å². The van der Waals surface area contributed by atoms with Crippen molar-refractivity contribution >= 4 is 34.6 Å². The third-order valence-electron chi connectivity index (χ3n) is 3.31. The number of carbonyl (C=O) groups excluding carboxylic acids is 1. The average molecular weight is 323 g/mol. The van der Waals surface area contributed by atoms with Crippen LogP contribution in [0.15, 0.2) is 46.9 Å². The summed E-state index contributed by atoms with van der Waals surface area (Å²) in [5.74, 6) is -0.687. The van der Waals surface area contributed by atoms with Gasteiger partial charge < -0.3 is 0 Å². The SMILES string of the molecule is O=C(CCl)N1N=C(c2cccc(F)c2)C[C@@H]1c1cccs1. The van der Waals surface area contributed by atoms with Gasteiger partial charge in [0.15, 0.2) is 0 Å². The molecule has 0 bridgehead atoms. The maximum Gasteiger partial charge on any atom is 0.258 e. The van der Waals surface area contributed by atoms with Crippen molar-refractivity contribution in [3.63, 3.8) is 0 Å². The van der Waals surface area contributed by atoms with Crippen LogP contribution < -0.4 is 0 Å². The van der Waals surface area contributed by atoms with E-state index in [1.807, 2.05) is 17.5 Å². The van der Waals surface area contributed by atoms with Gasteiger partial charge in [0.05, 0.1) is 11.8 Å². The first-order chi connectivity index (χ1) is 10.2. The van der Waals surface area contributed by atoms with E-state index in [2.05, 4.69) is 5.10 Å². The molecule has 1 aliphatic rings. The van der Waals surface area contributed by atoms with Crippen LogP contribution in [0.2, 0.25) is 0 Å². The summed E-state index contributed by atoms with van der Waals surface area (Å²) in [6.07, 6.45) is 0.562. The molecule has 0 N–H and O–H groups in total. The summed E-state index contributed by atoms with van der Waals surface area (Å²) in [4.78, 5) is 13.0. The Morgan fingerprint density at radius 1 is 1.43 bits per heavy atom. The molecule has 6 heteroatoms. The van der Waals surface area contributed by atoms with Crippen LogP contribution in [0, 0.1) is 5.82 Å². The molecule has 2 aromatic rings. The first-order valence-corrected chi connectivity index (χ1v) is 7.85. The van der Waals surface area contributed by atoms with Crippen molar-refractivity contribution in [2.45, 2.75) is 12.5 Å². The van der Waals surface area contributed by atoms with Crippen LogP contribution in [0.3, 0.4) is 0 Å². The summed E-state index contributed by atoms with van der Waals surface area (Å²) < 4.78 is 13.4. The summed E-state index contributed by atoms with van der Waals surface area (Å²) in [6, 6.07) is 9.99. The van der Waals surface area contributed by atoms with E-state index >= 15 is 0 Å². The van der Waals surface area contributed by atoms with Crippen LogP contribution in [0.5, 0.6) is 0 Å². The molecule has 0 aliphatic carbocycles. The average Bonchev–Trinajstić information content (AvgIpc) is 3.15. The Kier molecular flexibility index (Phi) is 4.03. The lowest BCUT2D eigenvalue weighted by Gasteiger charge is -2.19. The molecule has 1 atom stereocenters. The van der Waals surface area contributed by atoms with Crippen LogP contribution in [0.1, 0.15) is 22.9 Å². The minimum atomic E-state index is -0.315. The molecule has 3 rings (SSSR count). The van der Waals surface area contributed by atoms with E-state index in [1.165, 1.54) is 17.1 Å². The van der Waals surface area contributed by atoms with Gasteiger partial charge in [-0.05, 0) is 23.6 Å². The fourth-order valence-corrected chi connectivity index (χ4v) is 3.28. The highest BCUT2D eigenvalue weighted by Crippen LogP contribution is 2.35. The lowest BCUT2D eigenvalue weighted by atomic mass is 10.0. The van der Waals surface area contributed by atoms with E-state index in [0.29, 0.717) is 17.7 Å². The molecule has 1 aromatic heterocycles. The quantitative estimate of drug-likeness (QED) is 0.791. The van der Waals surface area contributed by atoms with E-state index in [0.717, 1.165) is 4.88 Å². The van der Waals surface area contributed by atoms with Gasteiger partial charge in [-0.15, -0.1) is 22.9 Å². The molecule has 1 aliphatic heterocycles. The first kappa shape index (κ1) is 14.2. The molecule has 0 saturated heterocycles. The highest BCUT2D eigenvalue weighted by Gasteiger charge is 2.33. The third kappa shape index (κ3) is 2.84. The monoisotopic (exact) mass is 322 g/mol. The summed E-state index contributed by atoms with van der Waals surface area (Å²) in [5.41, 5.74) is 1.40. The van der Waals surface area contributed by atoms with Crippen molar-refractivity contribution in [2.75, 3.05) is 5.88 Å². The summed E-state index contributed by atoms with van der Waals surface area (Å²) >= 11 is 7.23. The Balaban J connectivity index is 1.95. The van der Waals surface area contributed by atoms with E-state index in [9.17, 15) is 9.18 Å². The zero-order valence-corrected chi connectivity index (χ0v) is 12.6. The number of hydrazone groups is 1. The predicted molar refractivity (Wildman–Crippen MR) is 82.2 cm³/mol. The van der Waals surface area contributed by atoms with Gasteiger partial charge in [-0.3, -0.25) is 4.79 Å². The third-order valence-corrected chi connectivity index (χ3v) is 4.51. The van der Waals surface area contributed by atoms with Gasteiger partial charge in [0.2, 0.25) is 0 Å². The highest BCUT2D eigenvalue weighted by molar-refractivity contribution is 7.10. The fourth-order valence-electron chi connectivity index (χ4n) is 2.35. The number of hydrogen-bond acceptors (Lipinski definition) is 3. The zero-order valence-electron chi connectivity index (χ0n) is 11.0. The van der Waals surface area contributed by atoms with E-state index in [4.69, 9.17) is 11.6 Å². The smallest absolute Gasteiger partial charge is 0.258 e. The summed E-state index contributed by atoms with van der Waals surface area (Å²) in [6.45, 7) is 0. The molecule has 21 heavy (non-hydrogen) atoms. The van der Waals surface area contributed by atoms with Crippen molar-refractivity contribution in [3.05, 3.63) is 58.0 Å². The normalized spacial score (nSPS) is 17.9. The standard InChI is InChI=1S/C15H12ClFN2OS/c16-9-15(20)19-13(14-5-2-6-21-14)8-12(18-19)10-3-1-4-11(17)7-10/h1-7,13H,8-9H2/t13-/m1/s1. The molecule has 0 unspecified atom stereocenters. The van der Waals surface area contributed by atoms with E-state index < -0.39 is 0 Å². The highest BCUT2D eigenvalue weighted by atomic mass is 35.5. The topological polar surface area (TPSA) is 32.7 Å². The Hall–Kier alpha value is -1.72. The van der Waals surface area contributed by atoms with Crippen molar-refractivity contribution in [1.29, 1.82) is 0 Å². The lowest BCUT2D eigenvalue weighted by molar-refractivity contribution is -0.130. The van der Waals surface area contributed by atoms with Crippen LogP contribution in [-0.2, 0) is 4.79 Å². The lowest BCUT2D eigenvalue weighted by Crippen LogP contribution is -2.27. The number of halogens is 2. The predicted octanol–water partition coefficient (Wildman–Crippen LogP) is 3.80. The van der Waals surface area contributed by atoms with Gasteiger partial charge in [0.1, 0.15) is 11.7 Å². The zero-order chi connectivity index (χ0) is 14.8. The summed E-state index contributed by atoms with van der Waals surface area (Å²) in [5, 5.41) is 7.74. The van der Waals surface area contributed by atoms with Gasteiger partial charge in [0, 0.05) is 16.9 Å². The number of benzene rings is 1. The molecule has 2 heterocycles. The number of alkyl halides is 1. The van der Waals surface area contributed by atoms with Gasteiger partial charge in [-0.2, -0.15) is 5.10 Å². The fraction of sp³-hybridized carbons (Fsp3) is 0.200. The minimum Gasteiger partial charge on any atom is -0.272 e. The Labute approximate surface area is 130 Å². The van der Waals surface area contributed by atoms with Crippen LogP contribution in [0.25, 0.3) is 0 Å². The number of nitrogens with zero attached hydrogens (tertiary/aromatic N) is 2. The number of thiophene rings is 1. The second-order valence-corrected chi connectivity index (χ2v) is 5.91. The summed E-state index contributed by atoms with van der Waals surface area (Å²) in [7, 11) is 0. The molecule has 1 aromatic carbocycles. The number of rotatable bonds is 3. The van der Waals surface area contributed by atoms with Gasteiger partial charge in [-0.25, -0.2) is 9.40 Å². The van der Waals surface area contributed by atoms with Crippen LogP contribution >= 0.6 is 22.9 Å². The number of amides is 1. The van der Waals surface area contributed by atoms with Crippen molar-refractivity contribution in [3.8, 4) is 0 Å². The second kappa shape index (κ2) is 5.95. The maximum atomic E-state index is 13.4. The minimum absolute atomic E-state index is 0.123. The number of carbonyl (C=O) groups is 1. The van der Waals surface area contributed by atoms with Crippen molar-refractivity contribution < 1.29 is 9.18 Å². The van der Waals surface area contributed by atoms with Crippen LogP contribution in [0.4, 0.5) is 4.39 Å². The molecule has 1 amide bonds. The maximum absolute atomic E-state index is 13.4. The Morgan fingerprint density at radius 3 is 2.95 bits per heavy atom. The van der Waals surface area contributed by atoms with Crippen molar-refractivity contribution in [1.82, 2.24) is 5.01 Å². The van der Waals surface area contributed by atoms with Crippen molar-refractivity contribution in [2.24, 2.45) is 5.10 Å². The molecule has 0 saturated carbocycles. The van der Waals surface area contributed by atoms with Gasteiger partial charge in [0.25, 0.3) is 5.91 Å².